The van der Waals surface area contributed by atoms with Gasteiger partial charge < -0.3 is 15.3 Å². The summed E-state index contributed by atoms with van der Waals surface area (Å²) in [6.45, 7) is 0. The molecule has 0 aromatic carbocycles. The third-order valence-electron chi connectivity index (χ3n) is 0.713. The van der Waals surface area contributed by atoms with Crippen molar-refractivity contribution in [3.05, 3.63) is 0 Å². The van der Waals surface area contributed by atoms with Gasteiger partial charge in [-0.2, -0.15) is 0 Å². The lowest BCUT2D eigenvalue weighted by Crippen LogP contribution is -2.34. The minimum atomic E-state index is -2.69. The lowest BCUT2D eigenvalue weighted by Gasteiger charge is -2.10. The largest absolute Gasteiger partial charge is 0.481 e. The van der Waals surface area contributed by atoms with Crippen LogP contribution in [0.5, 0.6) is 0 Å². The molecule has 0 fully saturated rings. The summed E-state index contributed by atoms with van der Waals surface area (Å²) in [6, 6.07) is 0. The molecular weight excluding hydrogens is 163 g/mol. The molecule has 0 saturated heterocycles. The predicted molar refractivity (Wildman–Crippen MR) is 30.7 cm³/mol. The van der Waals surface area contributed by atoms with E-state index in [1.807, 2.05) is 0 Å². The van der Waals surface area contributed by atoms with Gasteiger partial charge in [0, 0.05) is 0 Å². The Kier molecular flexibility index (Phi) is 2.62. The zero-order chi connectivity index (χ0) is 8.36. The number of aliphatic hydroxyl groups is 1. The van der Waals surface area contributed by atoms with Crippen molar-refractivity contribution in [2.45, 2.75) is 11.5 Å². The number of hydrogen-bond acceptors (Lipinski definition) is 3. The Labute approximate surface area is 60.8 Å². The normalized spacial score (nSPS) is 15.8. The first-order chi connectivity index (χ1) is 4.36. The molecule has 0 heterocycles. The Morgan fingerprint density at radius 1 is 1.40 bits per heavy atom. The van der Waals surface area contributed by atoms with Gasteiger partial charge in [0.25, 0.3) is 0 Å². The SMILES string of the molecule is O=C(O)CC(O)(Cl)C(=O)O. The molecule has 0 radical (unpaired) electrons. The highest BCUT2D eigenvalue weighted by atomic mass is 35.5. The van der Waals surface area contributed by atoms with Crippen molar-refractivity contribution in [2.24, 2.45) is 0 Å². The van der Waals surface area contributed by atoms with Gasteiger partial charge in [-0.3, -0.25) is 4.79 Å². The van der Waals surface area contributed by atoms with Crippen LogP contribution in [0.15, 0.2) is 0 Å². The molecule has 0 bridgehead atoms. The van der Waals surface area contributed by atoms with Gasteiger partial charge in [0.05, 0.1) is 6.42 Å². The maximum absolute atomic E-state index is 9.91. The van der Waals surface area contributed by atoms with Crippen molar-refractivity contribution < 1.29 is 24.9 Å². The summed E-state index contributed by atoms with van der Waals surface area (Å²) in [5.74, 6) is -3.24. The zero-order valence-electron chi connectivity index (χ0n) is 4.74. The quantitative estimate of drug-likeness (QED) is 0.493. The second kappa shape index (κ2) is 2.85. The molecule has 0 aromatic rings. The van der Waals surface area contributed by atoms with E-state index in [9.17, 15) is 9.59 Å². The van der Waals surface area contributed by atoms with E-state index in [4.69, 9.17) is 26.9 Å². The van der Waals surface area contributed by atoms with Crippen LogP contribution >= 0.6 is 11.6 Å². The van der Waals surface area contributed by atoms with Crippen molar-refractivity contribution in [1.29, 1.82) is 0 Å². The Morgan fingerprint density at radius 3 is 1.90 bits per heavy atom. The van der Waals surface area contributed by atoms with E-state index >= 15 is 0 Å². The smallest absolute Gasteiger partial charge is 0.352 e. The first-order valence-corrected chi connectivity index (χ1v) is 2.60. The van der Waals surface area contributed by atoms with Crippen LogP contribution in [-0.4, -0.2) is 32.3 Å². The number of alkyl halides is 1. The summed E-state index contributed by atoms with van der Waals surface area (Å²) in [7, 11) is 0. The second-order valence-electron chi connectivity index (χ2n) is 1.63. The number of rotatable bonds is 3. The molecule has 0 aliphatic heterocycles. The van der Waals surface area contributed by atoms with Crippen LogP contribution in [0.1, 0.15) is 6.42 Å². The van der Waals surface area contributed by atoms with Crippen molar-refractivity contribution in [3.8, 4) is 0 Å². The molecule has 10 heavy (non-hydrogen) atoms. The van der Waals surface area contributed by atoms with E-state index in [-0.39, 0.29) is 0 Å². The maximum Gasteiger partial charge on any atom is 0.352 e. The van der Waals surface area contributed by atoms with Gasteiger partial charge in [-0.25, -0.2) is 4.79 Å². The van der Waals surface area contributed by atoms with Crippen molar-refractivity contribution >= 4 is 23.5 Å². The molecule has 0 amide bonds. The number of hydrogen-bond donors (Lipinski definition) is 3. The second-order valence-corrected chi connectivity index (χ2v) is 2.26. The van der Waals surface area contributed by atoms with Crippen LogP contribution in [0.2, 0.25) is 0 Å². The van der Waals surface area contributed by atoms with Crippen LogP contribution in [0.3, 0.4) is 0 Å². The Hall–Kier alpha value is -0.810. The summed E-state index contributed by atoms with van der Waals surface area (Å²) in [6.07, 6.45) is -1.02. The van der Waals surface area contributed by atoms with Gasteiger partial charge in [0.15, 0.2) is 0 Å². The molecular formula is C4H5ClO5. The lowest BCUT2D eigenvalue weighted by molar-refractivity contribution is -0.156. The molecule has 1 atom stereocenters. The summed E-state index contributed by atoms with van der Waals surface area (Å²) >= 11 is 4.84. The molecule has 0 aliphatic carbocycles. The monoisotopic (exact) mass is 168 g/mol. The number of carboxylic acids is 2. The summed E-state index contributed by atoms with van der Waals surface area (Å²) in [5, 5.41) is 21.9. The summed E-state index contributed by atoms with van der Waals surface area (Å²) in [5.41, 5.74) is 0. The van der Waals surface area contributed by atoms with Crippen LogP contribution in [-0.2, 0) is 9.59 Å². The average molecular weight is 169 g/mol. The van der Waals surface area contributed by atoms with E-state index in [2.05, 4.69) is 0 Å². The fourth-order valence-corrected chi connectivity index (χ4v) is 0.390. The molecule has 0 spiro atoms. The van der Waals surface area contributed by atoms with Crippen LogP contribution in [0.25, 0.3) is 0 Å². The van der Waals surface area contributed by atoms with Gasteiger partial charge in [-0.15, -0.1) is 0 Å². The molecule has 58 valence electrons. The molecule has 0 aromatic heterocycles. The standard InChI is InChI=1S/C4H5ClO5/c5-4(10,3(8)9)1-2(6)7/h10H,1H2,(H,6,7)(H,8,9). The number of carbonyl (C=O) groups is 2. The zero-order valence-corrected chi connectivity index (χ0v) is 5.50. The van der Waals surface area contributed by atoms with Gasteiger partial charge in [0.1, 0.15) is 0 Å². The fourth-order valence-electron chi connectivity index (χ4n) is 0.276. The Morgan fingerprint density at radius 2 is 1.80 bits per heavy atom. The molecule has 5 nitrogen and oxygen atoms in total. The number of carboxylic acid groups (broad SMARTS) is 2. The highest BCUT2D eigenvalue weighted by Crippen LogP contribution is 2.15. The van der Waals surface area contributed by atoms with E-state index in [1.165, 1.54) is 0 Å². The number of aliphatic carboxylic acids is 2. The van der Waals surface area contributed by atoms with Gasteiger partial charge >= 0.3 is 11.9 Å². The molecule has 0 rings (SSSR count). The van der Waals surface area contributed by atoms with E-state index in [0.717, 1.165) is 0 Å². The topological polar surface area (TPSA) is 94.8 Å². The predicted octanol–water partition coefficient (Wildman–Crippen LogP) is -0.527. The third kappa shape index (κ3) is 2.65. The minimum absolute atomic E-state index is 1.02. The van der Waals surface area contributed by atoms with E-state index in [0.29, 0.717) is 0 Å². The fraction of sp³-hybridized carbons (Fsp3) is 0.500. The van der Waals surface area contributed by atoms with E-state index < -0.39 is 23.4 Å². The Balaban J connectivity index is 4.13. The van der Waals surface area contributed by atoms with Gasteiger partial charge in [0.2, 0.25) is 5.06 Å². The Bertz CT molecular complexity index is 163. The molecule has 6 heteroatoms. The lowest BCUT2D eigenvalue weighted by atomic mass is 10.2. The number of halogens is 1. The molecule has 3 N–H and O–H groups in total. The first kappa shape index (κ1) is 9.19. The maximum atomic E-state index is 9.91. The van der Waals surface area contributed by atoms with Gasteiger partial charge in [-0.1, -0.05) is 11.6 Å². The molecule has 1 unspecified atom stereocenters. The highest BCUT2D eigenvalue weighted by molar-refractivity contribution is 6.33. The summed E-state index contributed by atoms with van der Waals surface area (Å²) < 4.78 is 0. The molecule has 0 aliphatic rings. The minimum Gasteiger partial charge on any atom is -0.481 e. The van der Waals surface area contributed by atoms with Crippen LogP contribution < -0.4 is 0 Å². The highest BCUT2D eigenvalue weighted by Gasteiger charge is 2.35. The molecule has 0 saturated carbocycles. The first-order valence-electron chi connectivity index (χ1n) is 2.23. The summed E-state index contributed by atoms with van der Waals surface area (Å²) in [4.78, 5) is 19.7. The van der Waals surface area contributed by atoms with Gasteiger partial charge in [-0.05, 0) is 0 Å². The van der Waals surface area contributed by atoms with Crippen LogP contribution in [0, 0.1) is 0 Å². The average Bonchev–Trinajstić information content (AvgIpc) is 1.60. The van der Waals surface area contributed by atoms with Crippen molar-refractivity contribution in [2.75, 3.05) is 0 Å². The van der Waals surface area contributed by atoms with Crippen molar-refractivity contribution in [3.63, 3.8) is 0 Å². The van der Waals surface area contributed by atoms with Crippen molar-refractivity contribution in [1.82, 2.24) is 0 Å². The van der Waals surface area contributed by atoms with E-state index in [1.54, 1.807) is 0 Å². The van der Waals surface area contributed by atoms with Crippen LogP contribution in [0.4, 0.5) is 0 Å². The third-order valence-corrected chi connectivity index (χ3v) is 1.01.